The van der Waals surface area contributed by atoms with Gasteiger partial charge in [0.1, 0.15) is 0 Å². The minimum atomic E-state index is -0.348. The van der Waals surface area contributed by atoms with Crippen molar-refractivity contribution in [3.8, 4) is 0 Å². The fourth-order valence-corrected chi connectivity index (χ4v) is 1.52. The van der Waals surface area contributed by atoms with Gasteiger partial charge in [-0.15, -0.1) is 0 Å². The topological polar surface area (TPSA) is 17.1 Å². The summed E-state index contributed by atoms with van der Waals surface area (Å²) in [6.45, 7) is 1.77. The van der Waals surface area contributed by atoms with E-state index in [1.807, 2.05) is 18.2 Å². The van der Waals surface area contributed by atoms with Gasteiger partial charge in [0.15, 0.2) is 0 Å². The van der Waals surface area contributed by atoms with Gasteiger partial charge in [-0.05, 0) is 17.2 Å². The van der Waals surface area contributed by atoms with Gasteiger partial charge >= 0.3 is 0 Å². The summed E-state index contributed by atoms with van der Waals surface area (Å²) >= 11 is 10.5. The highest BCUT2D eigenvalue weighted by atomic mass is 35.5. The Morgan fingerprint density at radius 3 is 2.92 bits per heavy atom. The lowest BCUT2D eigenvalue weighted by Crippen LogP contribution is -2.15. The summed E-state index contributed by atoms with van der Waals surface area (Å²) < 4.78 is 0. The van der Waals surface area contributed by atoms with Gasteiger partial charge < -0.3 is 0 Å². The highest BCUT2D eigenvalue weighted by Crippen LogP contribution is 2.20. The molecule has 64 valence electrons. The van der Waals surface area contributed by atoms with E-state index in [1.54, 1.807) is 6.92 Å². The molecule has 0 aromatic rings. The molecule has 0 aromatic heterocycles. The molecule has 0 amide bonds. The number of rotatable bonds is 2. The van der Waals surface area contributed by atoms with Gasteiger partial charge in [0.25, 0.3) is 0 Å². The van der Waals surface area contributed by atoms with Crippen LogP contribution in [0, 0.1) is 5.92 Å². The van der Waals surface area contributed by atoms with Crippen LogP contribution in [0.15, 0.2) is 23.8 Å². The van der Waals surface area contributed by atoms with Gasteiger partial charge in [-0.2, -0.15) is 0 Å². The van der Waals surface area contributed by atoms with Crippen LogP contribution in [0.25, 0.3) is 0 Å². The number of halogens is 1. The zero-order valence-electron chi connectivity index (χ0n) is 6.71. The largest absolute Gasteiger partial charge is 0.281 e. The van der Waals surface area contributed by atoms with Crippen LogP contribution in [0.5, 0.6) is 0 Å². The molecular formula is C9H9ClOS. The predicted octanol–water partition coefficient (Wildman–Crippen LogP) is 2.64. The van der Waals surface area contributed by atoms with Gasteiger partial charge in [-0.3, -0.25) is 4.79 Å². The minimum Gasteiger partial charge on any atom is -0.281 e. The van der Waals surface area contributed by atoms with E-state index in [0.717, 1.165) is 16.9 Å². The predicted molar refractivity (Wildman–Crippen MR) is 54.5 cm³/mol. The number of hydrogen-bond donors (Lipinski definition) is 0. The zero-order valence-corrected chi connectivity index (χ0v) is 8.28. The van der Waals surface area contributed by atoms with Crippen LogP contribution in [0.2, 0.25) is 0 Å². The number of allylic oxidation sites excluding steroid dienone is 4. The normalized spacial score (nSPS) is 18.8. The first kappa shape index (κ1) is 9.62. The Hall–Kier alpha value is -0.470. The van der Waals surface area contributed by atoms with E-state index >= 15 is 0 Å². The molecule has 0 radical (unpaired) electrons. The van der Waals surface area contributed by atoms with Gasteiger partial charge in [0.05, 0.1) is 5.92 Å². The molecule has 1 nitrogen and oxygen atoms in total. The Morgan fingerprint density at radius 2 is 2.42 bits per heavy atom. The third-order valence-electron chi connectivity index (χ3n) is 1.84. The molecule has 1 rings (SSSR count). The van der Waals surface area contributed by atoms with Crippen molar-refractivity contribution in [3.05, 3.63) is 23.8 Å². The van der Waals surface area contributed by atoms with Crippen molar-refractivity contribution in [3.63, 3.8) is 0 Å². The van der Waals surface area contributed by atoms with E-state index in [9.17, 15) is 4.79 Å². The van der Waals surface area contributed by atoms with Gasteiger partial charge in [-0.1, -0.05) is 37.4 Å². The van der Waals surface area contributed by atoms with E-state index in [1.165, 1.54) is 0 Å². The second-order valence-corrected chi connectivity index (χ2v) is 3.57. The number of carbonyl (C=O) groups excluding carboxylic acids is 1. The summed E-state index contributed by atoms with van der Waals surface area (Å²) in [5.41, 5.74) is 0.882. The molecule has 12 heavy (non-hydrogen) atoms. The van der Waals surface area contributed by atoms with E-state index in [0.29, 0.717) is 0 Å². The first-order chi connectivity index (χ1) is 5.63. The lowest BCUT2D eigenvalue weighted by atomic mass is 9.94. The monoisotopic (exact) mass is 200 g/mol. The highest BCUT2D eigenvalue weighted by molar-refractivity contribution is 7.80. The van der Waals surface area contributed by atoms with Crippen molar-refractivity contribution in [2.24, 2.45) is 5.92 Å². The summed E-state index contributed by atoms with van der Waals surface area (Å²) in [5, 5.41) is -0.348. The fraction of sp³-hybridized carbons (Fsp3) is 0.333. The highest BCUT2D eigenvalue weighted by Gasteiger charge is 2.19. The van der Waals surface area contributed by atoms with E-state index in [-0.39, 0.29) is 11.2 Å². The maximum absolute atomic E-state index is 10.8. The van der Waals surface area contributed by atoms with Gasteiger partial charge in [0, 0.05) is 11.3 Å². The van der Waals surface area contributed by atoms with Crippen molar-refractivity contribution in [1.82, 2.24) is 0 Å². The molecule has 0 spiro atoms. The molecular weight excluding hydrogens is 192 g/mol. The summed E-state index contributed by atoms with van der Waals surface area (Å²) in [6.07, 6.45) is 6.48. The molecule has 0 saturated carbocycles. The maximum Gasteiger partial charge on any atom is 0.228 e. The Labute approximate surface area is 82.1 Å². The van der Waals surface area contributed by atoms with Crippen molar-refractivity contribution in [1.29, 1.82) is 0 Å². The quantitative estimate of drug-likeness (QED) is 0.504. The zero-order chi connectivity index (χ0) is 9.14. The van der Waals surface area contributed by atoms with Crippen LogP contribution in [-0.2, 0) is 4.79 Å². The molecule has 1 aliphatic carbocycles. The van der Waals surface area contributed by atoms with Gasteiger partial charge in [0.2, 0.25) is 5.24 Å². The summed E-state index contributed by atoms with van der Waals surface area (Å²) in [5.74, 6) is -0.274. The molecule has 1 unspecified atom stereocenters. The van der Waals surface area contributed by atoms with E-state index in [2.05, 4.69) is 0 Å². The van der Waals surface area contributed by atoms with E-state index < -0.39 is 0 Å². The van der Waals surface area contributed by atoms with Crippen LogP contribution in [0.1, 0.15) is 13.3 Å². The second kappa shape index (κ2) is 3.97. The van der Waals surface area contributed by atoms with Crippen molar-refractivity contribution in [2.75, 3.05) is 0 Å². The second-order valence-electron chi connectivity index (χ2n) is 2.70. The molecule has 0 saturated heterocycles. The minimum absolute atomic E-state index is 0.274. The van der Waals surface area contributed by atoms with Crippen LogP contribution in [0.4, 0.5) is 0 Å². The lowest BCUT2D eigenvalue weighted by molar-refractivity contribution is -0.113. The molecule has 0 fully saturated rings. The number of hydrogen-bond acceptors (Lipinski definition) is 2. The molecule has 1 atom stereocenters. The van der Waals surface area contributed by atoms with Crippen LogP contribution >= 0.6 is 23.8 Å². The first-order valence-corrected chi connectivity index (χ1v) is 4.51. The molecule has 0 N–H and O–H groups in total. The SMILES string of the molecule is CC(C(=O)Cl)C1=CC=CCC1=S. The Kier molecular flexibility index (Phi) is 3.18. The summed E-state index contributed by atoms with van der Waals surface area (Å²) in [6, 6.07) is 0. The first-order valence-electron chi connectivity index (χ1n) is 3.72. The van der Waals surface area contributed by atoms with Crippen LogP contribution in [0.3, 0.4) is 0 Å². The average molecular weight is 201 g/mol. The van der Waals surface area contributed by atoms with Crippen molar-refractivity contribution in [2.45, 2.75) is 13.3 Å². The third-order valence-corrected chi connectivity index (χ3v) is 2.57. The molecule has 3 heteroatoms. The maximum atomic E-state index is 10.8. The average Bonchev–Trinajstić information content (AvgIpc) is 2.04. The van der Waals surface area contributed by atoms with Crippen molar-refractivity contribution < 1.29 is 4.79 Å². The third kappa shape index (κ3) is 2.02. The van der Waals surface area contributed by atoms with Gasteiger partial charge in [-0.25, -0.2) is 0 Å². The fourth-order valence-electron chi connectivity index (χ4n) is 1.07. The van der Waals surface area contributed by atoms with Crippen molar-refractivity contribution >= 4 is 33.9 Å². The molecule has 1 aliphatic rings. The number of thiocarbonyl (C=S) groups is 1. The summed E-state index contributed by atoms with van der Waals surface area (Å²) in [7, 11) is 0. The number of carbonyl (C=O) groups is 1. The van der Waals surface area contributed by atoms with E-state index in [4.69, 9.17) is 23.8 Å². The lowest BCUT2D eigenvalue weighted by Gasteiger charge is -2.14. The molecule has 0 heterocycles. The Morgan fingerprint density at radius 1 is 1.75 bits per heavy atom. The molecule has 0 aliphatic heterocycles. The van der Waals surface area contributed by atoms with Crippen LogP contribution in [-0.4, -0.2) is 10.1 Å². The summed E-state index contributed by atoms with van der Waals surface area (Å²) in [4.78, 5) is 11.6. The van der Waals surface area contributed by atoms with Crippen LogP contribution < -0.4 is 0 Å². The smallest absolute Gasteiger partial charge is 0.228 e. The molecule has 0 aromatic carbocycles. The Balaban J connectivity index is 2.86. The molecule has 0 bridgehead atoms. The standard InChI is InChI=1S/C9H9ClOS/c1-6(9(10)11)7-4-2-3-5-8(7)12/h2-4,6H,5H2,1H3. The Bertz CT molecular complexity index is 278.